The van der Waals surface area contributed by atoms with Crippen molar-refractivity contribution in [2.75, 3.05) is 13.8 Å². The van der Waals surface area contributed by atoms with E-state index in [0.29, 0.717) is 0 Å². The summed E-state index contributed by atoms with van der Waals surface area (Å²) in [4.78, 5) is 0. The van der Waals surface area contributed by atoms with Crippen LogP contribution in [0, 0.1) is 0 Å². The molecule has 0 bridgehead atoms. The van der Waals surface area contributed by atoms with E-state index < -0.39 is 31.3 Å². The molecule has 0 amide bonds. The van der Waals surface area contributed by atoms with E-state index in [0.717, 1.165) is 5.56 Å². The molecule has 1 heterocycles. The zero-order chi connectivity index (χ0) is 13.0. The van der Waals surface area contributed by atoms with Gasteiger partial charge >= 0.3 is 0 Å². The van der Waals surface area contributed by atoms with Gasteiger partial charge in [-0.3, -0.25) is 0 Å². The molecule has 3 nitrogen and oxygen atoms in total. The van der Waals surface area contributed by atoms with Gasteiger partial charge in [0.05, 0.1) is 6.61 Å². The van der Waals surface area contributed by atoms with Gasteiger partial charge in [-0.25, -0.2) is 8.78 Å². The molecule has 2 rings (SSSR count). The molecule has 1 fully saturated rings. The molecular weight excluding hydrogens is 242 g/mol. The minimum atomic E-state index is -1.51. The Morgan fingerprint density at radius 3 is 2.61 bits per heavy atom. The summed E-state index contributed by atoms with van der Waals surface area (Å²) in [6.07, 6.45) is -4.36. The van der Waals surface area contributed by atoms with Crippen LogP contribution >= 0.6 is 0 Å². The zero-order valence-corrected chi connectivity index (χ0v) is 10.1. The molecule has 0 radical (unpaired) electrons. The van der Waals surface area contributed by atoms with Crippen LogP contribution in [0.3, 0.4) is 0 Å². The van der Waals surface area contributed by atoms with E-state index in [9.17, 15) is 8.78 Å². The van der Waals surface area contributed by atoms with E-state index in [1.807, 2.05) is 30.3 Å². The molecule has 0 N–H and O–H groups in total. The van der Waals surface area contributed by atoms with Crippen LogP contribution in [0.5, 0.6) is 0 Å². The van der Waals surface area contributed by atoms with E-state index in [-0.39, 0.29) is 6.61 Å². The Labute approximate surface area is 105 Å². The summed E-state index contributed by atoms with van der Waals surface area (Å²) >= 11 is 0. The minimum Gasteiger partial charge on any atom is -0.365 e. The average molecular weight is 258 g/mol. The van der Waals surface area contributed by atoms with Crippen LogP contribution in [0.2, 0.25) is 0 Å². The van der Waals surface area contributed by atoms with E-state index in [1.165, 1.54) is 7.11 Å². The molecule has 1 aliphatic heterocycles. The van der Waals surface area contributed by atoms with Crippen molar-refractivity contribution in [1.82, 2.24) is 0 Å². The van der Waals surface area contributed by atoms with Crippen LogP contribution in [-0.4, -0.2) is 38.5 Å². The maximum atomic E-state index is 13.8. The molecule has 100 valence electrons. The van der Waals surface area contributed by atoms with Crippen LogP contribution in [0.4, 0.5) is 8.78 Å². The quantitative estimate of drug-likeness (QED) is 0.810. The Hall–Kier alpha value is -1.04. The molecule has 4 atom stereocenters. The minimum absolute atomic E-state index is 0.244. The van der Waals surface area contributed by atoms with Gasteiger partial charge in [0.2, 0.25) is 0 Å². The summed E-state index contributed by atoms with van der Waals surface area (Å²) in [5, 5.41) is 0. The fraction of sp³-hybridized carbons (Fsp3) is 0.538. The SMILES string of the molecule is CO[C@@H]1O[C@H](CF)[C@@H](F)[C@H]1OCc1ccccc1. The fourth-order valence-corrected chi connectivity index (χ4v) is 1.93. The third-order valence-electron chi connectivity index (χ3n) is 2.92. The highest BCUT2D eigenvalue weighted by Crippen LogP contribution is 2.28. The molecule has 0 aliphatic carbocycles. The highest BCUT2D eigenvalue weighted by atomic mass is 19.1. The number of ether oxygens (including phenoxy) is 3. The lowest BCUT2D eigenvalue weighted by molar-refractivity contribution is -0.165. The number of rotatable bonds is 5. The molecule has 1 aromatic carbocycles. The zero-order valence-electron chi connectivity index (χ0n) is 10.1. The Bertz CT molecular complexity index is 359. The number of benzene rings is 1. The average Bonchev–Trinajstić information content (AvgIpc) is 2.73. The maximum Gasteiger partial charge on any atom is 0.186 e. The maximum absolute atomic E-state index is 13.8. The van der Waals surface area contributed by atoms with Crippen molar-refractivity contribution in [3.8, 4) is 0 Å². The van der Waals surface area contributed by atoms with Gasteiger partial charge in [-0.2, -0.15) is 0 Å². The van der Waals surface area contributed by atoms with Gasteiger partial charge in [0.15, 0.2) is 12.5 Å². The largest absolute Gasteiger partial charge is 0.365 e. The summed E-state index contributed by atoms with van der Waals surface area (Å²) in [6.45, 7) is -0.639. The van der Waals surface area contributed by atoms with E-state index >= 15 is 0 Å². The predicted molar refractivity (Wildman–Crippen MR) is 61.6 cm³/mol. The molecule has 18 heavy (non-hydrogen) atoms. The first-order chi connectivity index (χ1) is 8.76. The van der Waals surface area contributed by atoms with Crippen molar-refractivity contribution in [2.45, 2.75) is 31.3 Å². The number of methoxy groups -OCH3 is 1. The van der Waals surface area contributed by atoms with Gasteiger partial charge in [0, 0.05) is 7.11 Å². The van der Waals surface area contributed by atoms with Crippen molar-refractivity contribution >= 4 is 0 Å². The molecule has 1 aromatic rings. The highest BCUT2D eigenvalue weighted by molar-refractivity contribution is 5.13. The smallest absolute Gasteiger partial charge is 0.186 e. The molecular formula is C13H16F2O3. The molecule has 0 saturated carbocycles. The van der Waals surface area contributed by atoms with Gasteiger partial charge in [-0.05, 0) is 5.56 Å². The van der Waals surface area contributed by atoms with Gasteiger partial charge < -0.3 is 14.2 Å². The molecule has 0 aromatic heterocycles. The van der Waals surface area contributed by atoms with Gasteiger partial charge in [0.1, 0.15) is 18.9 Å². The van der Waals surface area contributed by atoms with Crippen LogP contribution in [0.1, 0.15) is 5.56 Å². The molecule has 1 aliphatic rings. The number of halogens is 2. The van der Waals surface area contributed by atoms with E-state index in [4.69, 9.17) is 14.2 Å². The molecule has 0 spiro atoms. The normalized spacial score (nSPS) is 31.7. The first-order valence-electron chi connectivity index (χ1n) is 5.80. The predicted octanol–water partition coefficient (Wildman–Crippen LogP) is 2.25. The van der Waals surface area contributed by atoms with Gasteiger partial charge in [-0.1, -0.05) is 30.3 Å². The lowest BCUT2D eigenvalue weighted by Crippen LogP contribution is -2.33. The Morgan fingerprint density at radius 1 is 1.28 bits per heavy atom. The summed E-state index contributed by atoms with van der Waals surface area (Å²) in [7, 11) is 1.39. The first kappa shape index (κ1) is 13.4. The lowest BCUT2D eigenvalue weighted by atomic mass is 10.1. The number of hydrogen-bond donors (Lipinski definition) is 0. The van der Waals surface area contributed by atoms with Gasteiger partial charge in [0.25, 0.3) is 0 Å². The van der Waals surface area contributed by atoms with Gasteiger partial charge in [-0.15, -0.1) is 0 Å². The lowest BCUT2D eigenvalue weighted by Gasteiger charge is -2.18. The fourth-order valence-electron chi connectivity index (χ4n) is 1.93. The summed E-state index contributed by atoms with van der Waals surface area (Å²) in [6, 6.07) is 9.37. The molecule has 0 unspecified atom stereocenters. The van der Waals surface area contributed by atoms with E-state index in [1.54, 1.807) is 0 Å². The summed E-state index contributed by atoms with van der Waals surface area (Å²) in [5.74, 6) is 0. The standard InChI is InChI=1S/C13H16F2O3/c1-16-13-12(11(15)10(7-14)18-13)17-8-9-5-3-2-4-6-9/h2-6,10-13H,7-8H2,1H3/t10-,11-,12-,13-/m1/s1. The second-order valence-electron chi connectivity index (χ2n) is 4.14. The third kappa shape index (κ3) is 2.85. The van der Waals surface area contributed by atoms with Crippen molar-refractivity contribution in [1.29, 1.82) is 0 Å². The van der Waals surface area contributed by atoms with Crippen molar-refractivity contribution in [3.63, 3.8) is 0 Å². The van der Waals surface area contributed by atoms with Crippen molar-refractivity contribution in [2.24, 2.45) is 0 Å². The molecule has 5 heteroatoms. The van der Waals surface area contributed by atoms with Crippen LogP contribution in [0.15, 0.2) is 30.3 Å². The van der Waals surface area contributed by atoms with Crippen LogP contribution in [0.25, 0.3) is 0 Å². The van der Waals surface area contributed by atoms with Crippen LogP contribution in [-0.2, 0) is 20.8 Å². The van der Waals surface area contributed by atoms with E-state index in [2.05, 4.69) is 0 Å². The first-order valence-corrected chi connectivity index (χ1v) is 5.80. The van der Waals surface area contributed by atoms with Crippen molar-refractivity contribution < 1.29 is 23.0 Å². The number of hydrogen-bond acceptors (Lipinski definition) is 3. The second kappa shape index (κ2) is 6.22. The highest BCUT2D eigenvalue weighted by Gasteiger charge is 2.46. The second-order valence-corrected chi connectivity index (χ2v) is 4.14. The topological polar surface area (TPSA) is 27.7 Å². The third-order valence-corrected chi connectivity index (χ3v) is 2.92. The molecule has 1 saturated heterocycles. The Morgan fingerprint density at radius 2 is 2.00 bits per heavy atom. The summed E-state index contributed by atoms with van der Waals surface area (Å²) < 4.78 is 41.8. The number of alkyl halides is 2. The monoisotopic (exact) mass is 258 g/mol. The summed E-state index contributed by atoms with van der Waals surface area (Å²) in [5.41, 5.74) is 0.920. The Kier molecular flexibility index (Phi) is 4.63. The van der Waals surface area contributed by atoms with Crippen LogP contribution < -0.4 is 0 Å². The van der Waals surface area contributed by atoms with Crippen molar-refractivity contribution in [3.05, 3.63) is 35.9 Å². The Balaban J connectivity index is 1.95.